The van der Waals surface area contributed by atoms with Gasteiger partial charge in [-0.05, 0) is 31.4 Å². The molecule has 0 aliphatic carbocycles. The normalized spacial score (nSPS) is 11.1. The standard InChI is InChI=1S/C23H40O/c1-3-4-5-6-7-8-9-10-11-12-13-14-15-16-17-22-20-21(2)18-19-23(22)24/h18-20,24H,3-17H2,1-2H3. The molecule has 1 aromatic rings. The van der Waals surface area contributed by atoms with Crippen LogP contribution in [-0.2, 0) is 6.42 Å². The van der Waals surface area contributed by atoms with Gasteiger partial charge in [-0.3, -0.25) is 0 Å². The lowest BCUT2D eigenvalue weighted by Crippen LogP contribution is -1.88. The Morgan fingerprint density at radius 2 is 1.12 bits per heavy atom. The van der Waals surface area contributed by atoms with Crippen LogP contribution in [0.5, 0.6) is 5.75 Å². The molecule has 1 rings (SSSR count). The molecule has 1 heteroatoms. The van der Waals surface area contributed by atoms with Crippen molar-refractivity contribution in [3.05, 3.63) is 29.3 Å². The van der Waals surface area contributed by atoms with Crippen molar-refractivity contribution in [2.45, 2.75) is 110 Å². The lowest BCUT2D eigenvalue weighted by atomic mass is 10.0. The van der Waals surface area contributed by atoms with Gasteiger partial charge in [0.05, 0.1) is 0 Å². The molecule has 0 fully saturated rings. The number of benzene rings is 1. The molecular formula is C23H40O. The number of aromatic hydroxyl groups is 1. The first-order valence-electron chi connectivity index (χ1n) is 10.5. The summed E-state index contributed by atoms with van der Waals surface area (Å²) in [5.41, 5.74) is 2.36. The Labute approximate surface area is 150 Å². The molecule has 1 N–H and O–H groups in total. The minimum atomic E-state index is 0.468. The van der Waals surface area contributed by atoms with Crippen LogP contribution >= 0.6 is 0 Å². The molecular weight excluding hydrogens is 292 g/mol. The lowest BCUT2D eigenvalue weighted by molar-refractivity contribution is 0.465. The predicted octanol–water partition coefficient (Wildman–Crippen LogP) is 7.72. The predicted molar refractivity (Wildman–Crippen MR) is 107 cm³/mol. The average molecular weight is 333 g/mol. The van der Waals surface area contributed by atoms with E-state index in [9.17, 15) is 5.11 Å². The highest BCUT2D eigenvalue weighted by Crippen LogP contribution is 2.21. The summed E-state index contributed by atoms with van der Waals surface area (Å²) in [6.07, 6.45) is 20.5. The molecule has 1 aromatic carbocycles. The Hall–Kier alpha value is -0.980. The van der Waals surface area contributed by atoms with Gasteiger partial charge in [-0.2, -0.15) is 0 Å². The van der Waals surface area contributed by atoms with Crippen LogP contribution in [0.3, 0.4) is 0 Å². The van der Waals surface area contributed by atoms with Crippen LogP contribution < -0.4 is 0 Å². The third-order valence-corrected chi connectivity index (χ3v) is 5.03. The van der Waals surface area contributed by atoms with E-state index in [2.05, 4.69) is 19.9 Å². The summed E-state index contributed by atoms with van der Waals surface area (Å²) in [4.78, 5) is 0. The molecule has 24 heavy (non-hydrogen) atoms. The SMILES string of the molecule is CCCCCCCCCCCCCCCCc1cc(C)ccc1O. The number of hydrogen-bond acceptors (Lipinski definition) is 1. The number of rotatable bonds is 15. The van der Waals surface area contributed by atoms with Gasteiger partial charge in [0.1, 0.15) is 5.75 Å². The first kappa shape index (κ1) is 21.1. The first-order chi connectivity index (χ1) is 11.7. The van der Waals surface area contributed by atoms with Gasteiger partial charge in [0.2, 0.25) is 0 Å². The van der Waals surface area contributed by atoms with E-state index in [1.165, 1.54) is 95.5 Å². The monoisotopic (exact) mass is 332 g/mol. The molecule has 0 unspecified atom stereocenters. The topological polar surface area (TPSA) is 20.2 Å². The zero-order valence-corrected chi connectivity index (χ0v) is 16.3. The van der Waals surface area contributed by atoms with E-state index in [0.29, 0.717) is 5.75 Å². The van der Waals surface area contributed by atoms with E-state index in [4.69, 9.17) is 0 Å². The number of hydrogen-bond donors (Lipinski definition) is 1. The number of phenolic OH excluding ortho intramolecular Hbond substituents is 1. The van der Waals surface area contributed by atoms with Crippen LogP contribution in [0, 0.1) is 6.92 Å². The summed E-state index contributed by atoms with van der Waals surface area (Å²) in [7, 11) is 0. The highest BCUT2D eigenvalue weighted by Gasteiger charge is 2.01. The Bertz CT molecular complexity index is 410. The maximum atomic E-state index is 9.84. The Morgan fingerprint density at radius 3 is 1.62 bits per heavy atom. The van der Waals surface area contributed by atoms with E-state index in [0.717, 1.165) is 12.0 Å². The van der Waals surface area contributed by atoms with Crippen molar-refractivity contribution < 1.29 is 5.11 Å². The Kier molecular flexibility index (Phi) is 12.6. The Morgan fingerprint density at radius 1 is 0.667 bits per heavy atom. The molecule has 0 amide bonds. The van der Waals surface area contributed by atoms with Crippen molar-refractivity contribution in [3.8, 4) is 5.75 Å². The third-order valence-electron chi connectivity index (χ3n) is 5.03. The summed E-state index contributed by atoms with van der Waals surface area (Å²) >= 11 is 0. The van der Waals surface area contributed by atoms with Crippen molar-refractivity contribution in [1.29, 1.82) is 0 Å². The van der Waals surface area contributed by atoms with Gasteiger partial charge >= 0.3 is 0 Å². The lowest BCUT2D eigenvalue weighted by Gasteiger charge is -2.06. The van der Waals surface area contributed by atoms with Crippen LogP contribution in [0.15, 0.2) is 18.2 Å². The number of phenols is 1. The second-order valence-electron chi connectivity index (χ2n) is 7.48. The van der Waals surface area contributed by atoms with Gasteiger partial charge in [-0.15, -0.1) is 0 Å². The van der Waals surface area contributed by atoms with Gasteiger partial charge in [0.15, 0.2) is 0 Å². The number of aryl methyl sites for hydroxylation is 2. The fraction of sp³-hybridized carbons (Fsp3) is 0.739. The zero-order chi connectivity index (χ0) is 17.5. The van der Waals surface area contributed by atoms with Crippen molar-refractivity contribution >= 4 is 0 Å². The van der Waals surface area contributed by atoms with E-state index >= 15 is 0 Å². The van der Waals surface area contributed by atoms with Gasteiger partial charge in [-0.1, -0.05) is 108 Å². The zero-order valence-electron chi connectivity index (χ0n) is 16.3. The molecule has 0 saturated heterocycles. The second kappa shape index (κ2) is 14.4. The average Bonchev–Trinajstić information content (AvgIpc) is 2.58. The van der Waals surface area contributed by atoms with Crippen molar-refractivity contribution in [1.82, 2.24) is 0 Å². The van der Waals surface area contributed by atoms with Gasteiger partial charge in [-0.25, -0.2) is 0 Å². The maximum absolute atomic E-state index is 9.84. The van der Waals surface area contributed by atoms with Crippen LogP contribution in [0.2, 0.25) is 0 Å². The summed E-state index contributed by atoms with van der Waals surface area (Å²) < 4.78 is 0. The van der Waals surface area contributed by atoms with Crippen LogP contribution in [0.25, 0.3) is 0 Å². The molecule has 0 aromatic heterocycles. The summed E-state index contributed by atoms with van der Waals surface area (Å²) in [5, 5.41) is 9.84. The van der Waals surface area contributed by atoms with Crippen LogP contribution in [0.1, 0.15) is 108 Å². The van der Waals surface area contributed by atoms with Crippen LogP contribution in [0.4, 0.5) is 0 Å². The molecule has 0 saturated carbocycles. The molecule has 0 radical (unpaired) electrons. The summed E-state index contributed by atoms with van der Waals surface area (Å²) in [6.45, 7) is 4.38. The fourth-order valence-corrected chi connectivity index (χ4v) is 3.42. The molecule has 0 spiro atoms. The Balaban J connectivity index is 1.85. The molecule has 0 bridgehead atoms. The molecule has 0 aliphatic heterocycles. The van der Waals surface area contributed by atoms with E-state index in [1.54, 1.807) is 0 Å². The first-order valence-corrected chi connectivity index (χ1v) is 10.5. The van der Waals surface area contributed by atoms with Gasteiger partial charge in [0.25, 0.3) is 0 Å². The van der Waals surface area contributed by atoms with Gasteiger partial charge in [0, 0.05) is 0 Å². The minimum absolute atomic E-state index is 0.468. The molecule has 138 valence electrons. The molecule has 0 aliphatic rings. The van der Waals surface area contributed by atoms with Crippen molar-refractivity contribution in [2.24, 2.45) is 0 Å². The highest BCUT2D eigenvalue weighted by molar-refractivity contribution is 5.35. The quantitative estimate of drug-likeness (QED) is 0.326. The third kappa shape index (κ3) is 10.7. The van der Waals surface area contributed by atoms with Gasteiger partial charge < -0.3 is 5.11 Å². The maximum Gasteiger partial charge on any atom is 0.118 e. The second-order valence-corrected chi connectivity index (χ2v) is 7.48. The minimum Gasteiger partial charge on any atom is -0.508 e. The van der Waals surface area contributed by atoms with E-state index in [1.807, 2.05) is 12.1 Å². The summed E-state index contributed by atoms with van der Waals surface area (Å²) in [5.74, 6) is 0.468. The molecule has 0 atom stereocenters. The number of unbranched alkanes of at least 4 members (excludes halogenated alkanes) is 13. The molecule has 0 heterocycles. The van der Waals surface area contributed by atoms with Crippen LogP contribution in [-0.4, -0.2) is 5.11 Å². The van der Waals surface area contributed by atoms with Crippen molar-refractivity contribution in [2.75, 3.05) is 0 Å². The van der Waals surface area contributed by atoms with E-state index in [-0.39, 0.29) is 0 Å². The largest absolute Gasteiger partial charge is 0.508 e. The van der Waals surface area contributed by atoms with E-state index < -0.39 is 0 Å². The smallest absolute Gasteiger partial charge is 0.118 e. The summed E-state index contributed by atoms with van der Waals surface area (Å²) in [6, 6.07) is 5.93. The highest BCUT2D eigenvalue weighted by atomic mass is 16.3. The van der Waals surface area contributed by atoms with Crippen molar-refractivity contribution in [3.63, 3.8) is 0 Å². The fourth-order valence-electron chi connectivity index (χ4n) is 3.42. The molecule has 1 nitrogen and oxygen atoms in total.